The van der Waals surface area contributed by atoms with Gasteiger partial charge >= 0.3 is 5.97 Å². The van der Waals surface area contributed by atoms with Crippen LogP contribution in [0.25, 0.3) is 0 Å². The number of rotatable bonds is 4. The van der Waals surface area contributed by atoms with Crippen molar-refractivity contribution in [2.24, 2.45) is 0 Å². The molecule has 1 aromatic carbocycles. The van der Waals surface area contributed by atoms with E-state index in [9.17, 15) is 4.79 Å². The predicted molar refractivity (Wildman–Crippen MR) is 70.4 cm³/mol. The van der Waals surface area contributed by atoms with Gasteiger partial charge in [0, 0.05) is 23.2 Å². The van der Waals surface area contributed by atoms with E-state index in [0.29, 0.717) is 18.2 Å². The molecule has 0 amide bonds. The summed E-state index contributed by atoms with van der Waals surface area (Å²) in [6.07, 6.45) is 0. The van der Waals surface area contributed by atoms with Gasteiger partial charge in [0.1, 0.15) is 0 Å². The summed E-state index contributed by atoms with van der Waals surface area (Å²) in [6, 6.07) is 5.93. The van der Waals surface area contributed by atoms with E-state index in [0.717, 1.165) is 23.2 Å². The Bertz CT molecular complexity index is 419. The smallest absolute Gasteiger partial charge is 0.338 e. The van der Waals surface area contributed by atoms with Crippen LogP contribution in [0.2, 0.25) is 0 Å². The molecule has 1 aliphatic rings. The fourth-order valence-electron chi connectivity index (χ4n) is 1.58. The molecule has 0 aromatic heterocycles. The number of anilines is 1. The fourth-order valence-corrected chi connectivity index (χ4v) is 2.08. The molecule has 0 bridgehead atoms. The Balaban J connectivity index is 2.07. The van der Waals surface area contributed by atoms with E-state index in [1.54, 1.807) is 19.1 Å². The van der Waals surface area contributed by atoms with Gasteiger partial charge in [0.25, 0.3) is 0 Å². The largest absolute Gasteiger partial charge is 0.462 e. The number of halogens is 1. The average molecular weight is 299 g/mol. The third-order valence-electron chi connectivity index (χ3n) is 2.62. The maximum Gasteiger partial charge on any atom is 0.338 e. The molecule has 0 spiro atoms. The highest BCUT2D eigenvalue weighted by atomic mass is 79.9. The van der Waals surface area contributed by atoms with Crippen LogP contribution in [0.1, 0.15) is 17.3 Å². The molecule has 4 nitrogen and oxygen atoms in total. The predicted octanol–water partition coefficient (Wildman–Crippen LogP) is 2.01. The van der Waals surface area contributed by atoms with E-state index < -0.39 is 0 Å². The van der Waals surface area contributed by atoms with Crippen molar-refractivity contribution in [3.05, 3.63) is 28.2 Å². The minimum absolute atomic E-state index is 0.287. The molecule has 1 heterocycles. The maximum absolute atomic E-state index is 11.5. The number of carbonyl (C=O) groups is 1. The van der Waals surface area contributed by atoms with Gasteiger partial charge in [-0.05, 0) is 41.1 Å². The second kappa shape index (κ2) is 5.51. The zero-order valence-corrected chi connectivity index (χ0v) is 11.2. The van der Waals surface area contributed by atoms with E-state index in [2.05, 4.69) is 26.6 Å². The minimum Gasteiger partial charge on any atom is -0.462 e. The highest BCUT2D eigenvalue weighted by Gasteiger charge is 2.17. The molecule has 1 aliphatic heterocycles. The lowest BCUT2D eigenvalue weighted by atomic mass is 10.1. The molecule has 1 aromatic rings. The van der Waals surface area contributed by atoms with Crippen LogP contribution in [0.3, 0.4) is 0 Å². The summed E-state index contributed by atoms with van der Waals surface area (Å²) in [5, 5.41) is 6.58. The van der Waals surface area contributed by atoms with Crippen LogP contribution < -0.4 is 10.6 Å². The number of hydrogen-bond acceptors (Lipinski definition) is 4. The van der Waals surface area contributed by atoms with E-state index >= 15 is 0 Å². The molecule has 2 rings (SSSR count). The highest BCUT2D eigenvalue weighted by Crippen LogP contribution is 2.25. The quantitative estimate of drug-likeness (QED) is 0.835. The van der Waals surface area contributed by atoms with Crippen molar-refractivity contribution >= 4 is 27.6 Å². The molecular weight excluding hydrogens is 284 g/mol. The standard InChI is InChI=1S/C12H15BrN2O2/c1-2-17-12(16)8-3-4-11(10(13)5-8)15-9-6-14-7-9/h3-5,9,14-15H,2,6-7H2,1H3. The van der Waals surface area contributed by atoms with Crippen LogP contribution in [0.4, 0.5) is 5.69 Å². The van der Waals surface area contributed by atoms with Crippen LogP contribution in [0, 0.1) is 0 Å². The fraction of sp³-hybridized carbons (Fsp3) is 0.417. The van der Waals surface area contributed by atoms with Gasteiger partial charge < -0.3 is 15.4 Å². The lowest BCUT2D eigenvalue weighted by Crippen LogP contribution is -2.51. The molecule has 1 saturated heterocycles. The topological polar surface area (TPSA) is 50.4 Å². The Hall–Kier alpha value is -1.07. The van der Waals surface area contributed by atoms with E-state index in [4.69, 9.17) is 4.74 Å². The zero-order valence-electron chi connectivity index (χ0n) is 9.63. The number of hydrogen-bond donors (Lipinski definition) is 2. The molecule has 5 heteroatoms. The Morgan fingerprint density at radius 1 is 1.59 bits per heavy atom. The van der Waals surface area contributed by atoms with Gasteiger partial charge in [0.2, 0.25) is 0 Å². The first kappa shape index (κ1) is 12.4. The summed E-state index contributed by atoms with van der Waals surface area (Å²) in [5.41, 5.74) is 1.57. The third kappa shape index (κ3) is 2.98. The monoisotopic (exact) mass is 298 g/mol. The zero-order chi connectivity index (χ0) is 12.3. The third-order valence-corrected chi connectivity index (χ3v) is 3.28. The summed E-state index contributed by atoms with van der Waals surface area (Å²) in [5.74, 6) is -0.287. The summed E-state index contributed by atoms with van der Waals surface area (Å²) < 4.78 is 5.83. The van der Waals surface area contributed by atoms with Crippen molar-refractivity contribution in [3.8, 4) is 0 Å². The summed E-state index contributed by atoms with van der Waals surface area (Å²) >= 11 is 3.46. The second-order valence-electron chi connectivity index (χ2n) is 3.91. The van der Waals surface area contributed by atoms with E-state index in [1.165, 1.54) is 0 Å². The van der Waals surface area contributed by atoms with Crippen LogP contribution in [-0.4, -0.2) is 31.7 Å². The SMILES string of the molecule is CCOC(=O)c1ccc(NC2CNC2)c(Br)c1. The Morgan fingerprint density at radius 2 is 2.35 bits per heavy atom. The summed E-state index contributed by atoms with van der Waals surface area (Å²) in [7, 11) is 0. The van der Waals surface area contributed by atoms with Crippen molar-refractivity contribution in [2.45, 2.75) is 13.0 Å². The molecular formula is C12H15BrN2O2. The van der Waals surface area contributed by atoms with E-state index in [-0.39, 0.29) is 5.97 Å². The van der Waals surface area contributed by atoms with Gasteiger partial charge in [-0.2, -0.15) is 0 Å². The van der Waals surface area contributed by atoms with Crippen LogP contribution >= 0.6 is 15.9 Å². The first-order chi connectivity index (χ1) is 8.20. The summed E-state index contributed by atoms with van der Waals surface area (Å²) in [6.45, 7) is 4.15. The minimum atomic E-state index is -0.287. The first-order valence-corrected chi connectivity index (χ1v) is 6.44. The van der Waals surface area contributed by atoms with Gasteiger partial charge in [-0.25, -0.2) is 4.79 Å². The number of nitrogens with one attached hydrogen (secondary N) is 2. The lowest BCUT2D eigenvalue weighted by molar-refractivity contribution is 0.0526. The lowest BCUT2D eigenvalue weighted by Gasteiger charge is -2.29. The summed E-state index contributed by atoms with van der Waals surface area (Å²) in [4.78, 5) is 11.5. The average Bonchev–Trinajstić information content (AvgIpc) is 2.25. The Kier molecular flexibility index (Phi) is 4.02. The van der Waals surface area contributed by atoms with Crippen molar-refractivity contribution in [2.75, 3.05) is 25.0 Å². The molecule has 0 aliphatic carbocycles. The molecule has 1 fully saturated rings. The van der Waals surface area contributed by atoms with Crippen LogP contribution in [0.15, 0.2) is 22.7 Å². The van der Waals surface area contributed by atoms with E-state index in [1.807, 2.05) is 6.07 Å². The second-order valence-corrected chi connectivity index (χ2v) is 4.77. The van der Waals surface area contributed by atoms with Crippen LogP contribution in [-0.2, 0) is 4.74 Å². The van der Waals surface area contributed by atoms with Crippen molar-refractivity contribution in [1.82, 2.24) is 5.32 Å². The van der Waals surface area contributed by atoms with Gasteiger partial charge in [-0.3, -0.25) is 0 Å². The molecule has 0 radical (unpaired) electrons. The molecule has 0 saturated carbocycles. The van der Waals surface area contributed by atoms with Gasteiger partial charge in [-0.1, -0.05) is 0 Å². The molecule has 17 heavy (non-hydrogen) atoms. The number of esters is 1. The molecule has 0 unspecified atom stereocenters. The maximum atomic E-state index is 11.5. The molecule has 92 valence electrons. The van der Waals surface area contributed by atoms with Crippen molar-refractivity contribution in [3.63, 3.8) is 0 Å². The Labute approximate surface area is 109 Å². The van der Waals surface area contributed by atoms with Crippen LogP contribution in [0.5, 0.6) is 0 Å². The van der Waals surface area contributed by atoms with Crippen molar-refractivity contribution in [1.29, 1.82) is 0 Å². The number of benzene rings is 1. The highest BCUT2D eigenvalue weighted by molar-refractivity contribution is 9.10. The number of ether oxygens (including phenoxy) is 1. The van der Waals surface area contributed by atoms with Gasteiger partial charge in [0.05, 0.1) is 18.2 Å². The number of carbonyl (C=O) groups excluding carboxylic acids is 1. The van der Waals surface area contributed by atoms with Gasteiger partial charge in [0.15, 0.2) is 0 Å². The molecule has 0 atom stereocenters. The van der Waals surface area contributed by atoms with Crippen molar-refractivity contribution < 1.29 is 9.53 Å². The Morgan fingerprint density at radius 3 is 2.88 bits per heavy atom. The normalized spacial score (nSPS) is 15.2. The van der Waals surface area contributed by atoms with Gasteiger partial charge in [-0.15, -0.1) is 0 Å². The first-order valence-electron chi connectivity index (χ1n) is 5.64. The molecule has 2 N–H and O–H groups in total.